The van der Waals surface area contributed by atoms with Gasteiger partial charge in [-0.15, -0.1) is 11.3 Å². The number of rotatable bonds is 5. The van der Waals surface area contributed by atoms with Gasteiger partial charge in [-0.05, 0) is 42.5 Å². The third kappa shape index (κ3) is 3.82. The van der Waals surface area contributed by atoms with Crippen molar-refractivity contribution in [2.45, 2.75) is 6.61 Å². The largest absolute Gasteiger partial charge is 0.454 e. The number of alkyl halides is 2. The SMILES string of the molecule is O=C(Nc1nc(-c2ccc3c(c2)OCO3)cs1)c1ccc(OC(F)F)cc1. The molecule has 6 nitrogen and oxygen atoms in total. The molecule has 1 aliphatic rings. The number of carbonyl (C=O) groups is 1. The zero-order valence-corrected chi connectivity index (χ0v) is 14.5. The van der Waals surface area contributed by atoms with Crippen LogP contribution in [0, 0.1) is 0 Å². The number of amides is 1. The van der Waals surface area contributed by atoms with E-state index in [-0.39, 0.29) is 12.5 Å². The number of nitrogens with zero attached hydrogens (tertiary/aromatic N) is 1. The fourth-order valence-electron chi connectivity index (χ4n) is 2.48. The van der Waals surface area contributed by atoms with E-state index in [1.807, 2.05) is 17.5 Å². The second-order valence-electron chi connectivity index (χ2n) is 5.46. The first-order chi connectivity index (χ1) is 13.1. The molecule has 0 radical (unpaired) electrons. The lowest BCUT2D eigenvalue weighted by Crippen LogP contribution is -2.11. The molecule has 2 aromatic carbocycles. The first kappa shape index (κ1) is 17.2. The third-order valence-electron chi connectivity index (χ3n) is 3.73. The minimum atomic E-state index is -2.91. The number of halogens is 2. The summed E-state index contributed by atoms with van der Waals surface area (Å²) in [4.78, 5) is 16.7. The van der Waals surface area contributed by atoms with Crippen molar-refractivity contribution < 1.29 is 27.8 Å². The first-order valence-electron chi connectivity index (χ1n) is 7.80. The van der Waals surface area contributed by atoms with Crippen molar-refractivity contribution >= 4 is 22.4 Å². The van der Waals surface area contributed by atoms with Crippen LogP contribution in [0.1, 0.15) is 10.4 Å². The highest BCUT2D eigenvalue weighted by molar-refractivity contribution is 7.14. The van der Waals surface area contributed by atoms with E-state index in [0.717, 1.165) is 5.56 Å². The molecule has 1 amide bonds. The van der Waals surface area contributed by atoms with Crippen LogP contribution in [0.3, 0.4) is 0 Å². The number of benzene rings is 2. The molecule has 0 aliphatic carbocycles. The summed E-state index contributed by atoms with van der Waals surface area (Å²) in [5.74, 6) is 0.921. The van der Waals surface area contributed by atoms with Crippen LogP contribution in [0.5, 0.6) is 17.2 Å². The summed E-state index contributed by atoms with van der Waals surface area (Å²) in [5.41, 5.74) is 1.83. The molecule has 0 saturated carbocycles. The average molecular weight is 390 g/mol. The van der Waals surface area contributed by atoms with Gasteiger partial charge in [0.25, 0.3) is 5.91 Å². The molecular weight excluding hydrogens is 378 g/mol. The smallest absolute Gasteiger partial charge is 0.387 e. The molecule has 0 fully saturated rings. The van der Waals surface area contributed by atoms with Crippen molar-refractivity contribution in [2.24, 2.45) is 0 Å². The first-order valence-corrected chi connectivity index (χ1v) is 8.68. The van der Waals surface area contributed by atoms with Gasteiger partial charge >= 0.3 is 6.61 Å². The topological polar surface area (TPSA) is 69.7 Å². The van der Waals surface area contributed by atoms with E-state index in [1.54, 1.807) is 6.07 Å². The Bertz CT molecular complexity index is 976. The molecule has 2 heterocycles. The molecule has 9 heteroatoms. The van der Waals surface area contributed by atoms with Crippen molar-refractivity contribution in [3.8, 4) is 28.5 Å². The van der Waals surface area contributed by atoms with Gasteiger partial charge in [0.1, 0.15) is 5.75 Å². The van der Waals surface area contributed by atoms with Gasteiger partial charge in [-0.25, -0.2) is 4.98 Å². The standard InChI is InChI=1S/C18H12F2N2O4S/c19-17(20)26-12-4-1-10(2-5-12)16(23)22-18-21-13(8-27-18)11-3-6-14-15(7-11)25-9-24-14/h1-8,17H,9H2,(H,21,22,23). The van der Waals surface area contributed by atoms with E-state index >= 15 is 0 Å². The van der Waals surface area contributed by atoms with Crippen molar-refractivity contribution in [3.05, 3.63) is 53.4 Å². The Balaban J connectivity index is 1.45. The van der Waals surface area contributed by atoms with Crippen molar-refractivity contribution in [1.29, 1.82) is 0 Å². The Labute approximate surface area is 156 Å². The van der Waals surface area contributed by atoms with Crippen LogP contribution in [-0.2, 0) is 0 Å². The molecule has 4 rings (SSSR count). The van der Waals surface area contributed by atoms with Gasteiger partial charge in [0.05, 0.1) is 5.69 Å². The maximum absolute atomic E-state index is 12.3. The summed E-state index contributed by atoms with van der Waals surface area (Å²) in [6.07, 6.45) is 0. The Hall–Kier alpha value is -3.20. The van der Waals surface area contributed by atoms with Gasteiger partial charge in [0.15, 0.2) is 16.6 Å². The van der Waals surface area contributed by atoms with E-state index in [4.69, 9.17) is 9.47 Å². The number of hydrogen-bond donors (Lipinski definition) is 1. The second kappa shape index (κ2) is 7.20. The van der Waals surface area contributed by atoms with Crippen LogP contribution < -0.4 is 19.5 Å². The Morgan fingerprint density at radius 2 is 1.93 bits per heavy atom. The molecule has 0 atom stereocenters. The minimum absolute atomic E-state index is 0.0131. The summed E-state index contributed by atoms with van der Waals surface area (Å²) in [7, 11) is 0. The predicted octanol–water partition coefficient (Wildman–Crippen LogP) is 4.39. The molecule has 0 spiro atoms. The van der Waals surface area contributed by atoms with E-state index in [1.165, 1.54) is 35.6 Å². The number of aromatic nitrogens is 1. The van der Waals surface area contributed by atoms with Crippen LogP contribution in [-0.4, -0.2) is 24.3 Å². The van der Waals surface area contributed by atoms with E-state index in [9.17, 15) is 13.6 Å². The van der Waals surface area contributed by atoms with Gasteiger partial charge in [-0.3, -0.25) is 10.1 Å². The zero-order valence-electron chi connectivity index (χ0n) is 13.6. The minimum Gasteiger partial charge on any atom is -0.454 e. The van der Waals surface area contributed by atoms with Crippen molar-refractivity contribution in [3.63, 3.8) is 0 Å². The highest BCUT2D eigenvalue weighted by atomic mass is 32.1. The van der Waals surface area contributed by atoms with Crippen molar-refractivity contribution in [2.75, 3.05) is 12.1 Å². The number of thiazole rings is 1. The zero-order chi connectivity index (χ0) is 18.8. The fraction of sp³-hybridized carbons (Fsp3) is 0.111. The van der Waals surface area contributed by atoms with Crippen LogP contribution in [0.4, 0.5) is 13.9 Å². The highest BCUT2D eigenvalue weighted by Gasteiger charge is 2.16. The quantitative estimate of drug-likeness (QED) is 0.700. The van der Waals surface area contributed by atoms with Crippen LogP contribution >= 0.6 is 11.3 Å². The van der Waals surface area contributed by atoms with Gasteiger partial charge in [-0.2, -0.15) is 8.78 Å². The number of carbonyl (C=O) groups excluding carboxylic acids is 1. The van der Waals surface area contributed by atoms with Crippen LogP contribution in [0.25, 0.3) is 11.3 Å². The Morgan fingerprint density at radius 1 is 1.15 bits per heavy atom. The Kier molecular flexibility index (Phi) is 4.59. The van der Waals surface area contributed by atoms with E-state index in [0.29, 0.717) is 27.9 Å². The molecule has 138 valence electrons. The van der Waals surface area contributed by atoms with Gasteiger partial charge in [0, 0.05) is 16.5 Å². The lowest BCUT2D eigenvalue weighted by atomic mass is 10.1. The molecule has 1 aromatic heterocycles. The molecule has 1 aliphatic heterocycles. The summed E-state index contributed by atoms with van der Waals surface area (Å²) < 4.78 is 39.2. The number of fused-ring (bicyclic) bond motifs is 1. The second-order valence-corrected chi connectivity index (χ2v) is 6.32. The molecule has 0 unspecified atom stereocenters. The average Bonchev–Trinajstić information content (AvgIpc) is 3.30. The molecular formula is C18H12F2N2O4S. The van der Waals surface area contributed by atoms with E-state index < -0.39 is 12.5 Å². The van der Waals surface area contributed by atoms with Gasteiger partial charge in [0.2, 0.25) is 6.79 Å². The number of hydrogen-bond acceptors (Lipinski definition) is 6. The van der Waals surface area contributed by atoms with Gasteiger partial charge < -0.3 is 14.2 Å². The Morgan fingerprint density at radius 3 is 2.70 bits per heavy atom. The number of ether oxygens (including phenoxy) is 3. The van der Waals surface area contributed by atoms with E-state index in [2.05, 4.69) is 15.0 Å². The summed E-state index contributed by atoms with van der Waals surface area (Å²) in [5, 5.41) is 4.91. The predicted molar refractivity (Wildman–Crippen MR) is 94.7 cm³/mol. The van der Waals surface area contributed by atoms with Gasteiger partial charge in [-0.1, -0.05) is 0 Å². The number of anilines is 1. The highest BCUT2D eigenvalue weighted by Crippen LogP contribution is 2.36. The molecule has 1 N–H and O–H groups in total. The molecule has 27 heavy (non-hydrogen) atoms. The molecule has 0 bridgehead atoms. The summed E-state index contributed by atoms with van der Waals surface area (Å²) >= 11 is 1.27. The van der Waals surface area contributed by atoms with Crippen LogP contribution in [0.15, 0.2) is 47.8 Å². The lowest BCUT2D eigenvalue weighted by Gasteiger charge is -2.05. The summed E-state index contributed by atoms with van der Waals surface area (Å²) in [6.45, 7) is -2.72. The molecule has 3 aromatic rings. The van der Waals surface area contributed by atoms with Crippen LogP contribution in [0.2, 0.25) is 0 Å². The monoisotopic (exact) mass is 390 g/mol. The maximum Gasteiger partial charge on any atom is 0.387 e. The lowest BCUT2D eigenvalue weighted by molar-refractivity contribution is -0.0498. The number of nitrogens with one attached hydrogen (secondary N) is 1. The summed E-state index contributed by atoms with van der Waals surface area (Å²) in [6, 6.07) is 10.9. The normalized spacial score (nSPS) is 12.3. The van der Waals surface area contributed by atoms with Crippen molar-refractivity contribution in [1.82, 2.24) is 4.98 Å². The fourth-order valence-corrected chi connectivity index (χ4v) is 3.19. The molecule has 0 saturated heterocycles. The maximum atomic E-state index is 12.3. The third-order valence-corrected chi connectivity index (χ3v) is 4.49.